The normalized spacial score (nSPS) is 19.1. The third-order valence-electron chi connectivity index (χ3n) is 4.33. The fourth-order valence-corrected chi connectivity index (χ4v) is 3.05. The third kappa shape index (κ3) is 3.19. The number of Topliss-reactive ketones (excluding diaryl/α,β-unsaturated/α-hetero) is 1. The van der Waals surface area contributed by atoms with E-state index in [0.717, 1.165) is 0 Å². The predicted molar refractivity (Wildman–Crippen MR) is 95.4 cm³/mol. The van der Waals surface area contributed by atoms with Gasteiger partial charge in [0.15, 0.2) is 0 Å². The van der Waals surface area contributed by atoms with E-state index in [4.69, 9.17) is 4.74 Å². The zero-order valence-corrected chi connectivity index (χ0v) is 14.3. The lowest BCUT2D eigenvalue weighted by Gasteiger charge is -2.25. The number of aromatic hydroxyl groups is 1. The lowest BCUT2D eigenvalue weighted by molar-refractivity contribution is -0.140. The van der Waals surface area contributed by atoms with E-state index in [1.807, 2.05) is 0 Å². The molecular formula is C20H19NO5. The van der Waals surface area contributed by atoms with Gasteiger partial charge in [0.05, 0.1) is 18.2 Å². The van der Waals surface area contributed by atoms with Crippen molar-refractivity contribution in [1.29, 1.82) is 0 Å². The highest BCUT2D eigenvalue weighted by Crippen LogP contribution is 2.39. The van der Waals surface area contributed by atoms with Crippen LogP contribution in [0.1, 0.15) is 17.2 Å². The standard InChI is InChI=1S/C20H19NO5/c1-26-12-11-21-17(13-7-9-15(22)10-8-13)16(19(24)20(21)25)18(23)14-5-3-2-4-6-14/h2-10,17,22-23H,11-12H2,1H3/b18-16+. The average Bonchev–Trinajstić information content (AvgIpc) is 2.91. The summed E-state index contributed by atoms with van der Waals surface area (Å²) in [6.07, 6.45) is 0. The van der Waals surface area contributed by atoms with Crippen molar-refractivity contribution in [2.45, 2.75) is 6.04 Å². The summed E-state index contributed by atoms with van der Waals surface area (Å²) in [5, 5.41) is 20.3. The van der Waals surface area contributed by atoms with Crippen molar-refractivity contribution in [3.05, 3.63) is 71.3 Å². The average molecular weight is 353 g/mol. The second kappa shape index (κ2) is 7.41. The number of rotatable bonds is 5. The number of likely N-dealkylation sites (tertiary alicyclic amines) is 1. The number of ether oxygens (including phenoxy) is 1. The Morgan fingerprint density at radius 3 is 2.35 bits per heavy atom. The molecule has 1 saturated heterocycles. The van der Waals surface area contributed by atoms with Crippen molar-refractivity contribution in [2.24, 2.45) is 0 Å². The lowest BCUT2D eigenvalue weighted by atomic mass is 9.95. The number of aliphatic hydroxyl groups excluding tert-OH is 1. The van der Waals surface area contributed by atoms with E-state index in [0.29, 0.717) is 11.1 Å². The maximum Gasteiger partial charge on any atom is 0.295 e. The number of amides is 1. The van der Waals surface area contributed by atoms with E-state index in [1.54, 1.807) is 42.5 Å². The Kier molecular flexibility index (Phi) is 5.04. The summed E-state index contributed by atoms with van der Waals surface area (Å²) in [6.45, 7) is 0.463. The third-order valence-corrected chi connectivity index (χ3v) is 4.33. The molecule has 6 heteroatoms. The summed E-state index contributed by atoms with van der Waals surface area (Å²) in [5.74, 6) is -1.56. The number of nitrogens with zero attached hydrogens (tertiary/aromatic N) is 1. The number of methoxy groups -OCH3 is 1. The first-order valence-corrected chi connectivity index (χ1v) is 8.16. The summed E-state index contributed by atoms with van der Waals surface area (Å²) in [4.78, 5) is 26.6. The molecule has 1 aliphatic heterocycles. The molecule has 2 aromatic rings. The van der Waals surface area contributed by atoms with Crippen LogP contribution in [0.5, 0.6) is 5.75 Å². The molecule has 2 aromatic carbocycles. The van der Waals surface area contributed by atoms with Gasteiger partial charge in [-0.3, -0.25) is 9.59 Å². The molecule has 0 aliphatic carbocycles. The first-order valence-electron chi connectivity index (χ1n) is 8.16. The van der Waals surface area contributed by atoms with Crippen LogP contribution in [0.3, 0.4) is 0 Å². The van der Waals surface area contributed by atoms with E-state index in [-0.39, 0.29) is 30.2 Å². The Morgan fingerprint density at radius 1 is 1.08 bits per heavy atom. The summed E-state index contributed by atoms with van der Waals surface area (Å²) in [5.41, 5.74) is 1.11. The summed E-state index contributed by atoms with van der Waals surface area (Å²) >= 11 is 0. The molecule has 0 spiro atoms. The number of aliphatic hydroxyl groups is 1. The number of carbonyl (C=O) groups is 2. The van der Waals surface area contributed by atoms with Gasteiger partial charge in [-0.1, -0.05) is 42.5 Å². The second-order valence-electron chi connectivity index (χ2n) is 5.94. The van der Waals surface area contributed by atoms with Crippen LogP contribution in [0.4, 0.5) is 0 Å². The molecule has 6 nitrogen and oxygen atoms in total. The molecule has 3 rings (SSSR count). The maximum absolute atomic E-state index is 12.6. The molecule has 1 heterocycles. The van der Waals surface area contributed by atoms with Crippen LogP contribution in [0.15, 0.2) is 60.2 Å². The molecule has 1 aliphatic rings. The molecule has 26 heavy (non-hydrogen) atoms. The highest BCUT2D eigenvalue weighted by molar-refractivity contribution is 6.46. The second-order valence-corrected chi connectivity index (χ2v) is 5.94. The van der Waals surface area contributed by atoms with Gasteiger partial charge >= 0.3 is 0 Å². The van der Waals surface area contributed by atoms with Gasteiger partial charge in [-0.15, -0.1) is 0 Å². The molecule has 134 valence electrons. The molecule has 0 aromatic heterocycles. The maximum atomic E-state index is 12.6. The van der Waals surface area contributed by atoms with Gasteiger partial charge in [0.1, 0.15) is 11.5 Å². The number of ketones is 1. The Hall–Kier alpha value is -3.12. The molecule has 1 amide bonds. The monoisotopic (exact) mass is 353 g/mol. The number of hydrogen-bond donors (Lipinski definition) is 2. The topological polar surface area (TPSA) is 87.1 Å². The van der Waals surface area contributed by atoms with Crippen molar-refractivity contribution in [2.75, 3.05) is 20.3 Å². The largest absolute Gasteiger partial charge is 0.508 e. The zero-order valence-electron chi connectivity index (χ0n) is 14.3. The van der Waals surface area contributed by atoms with Crippen molar-refractivity contribution in [3.63, 3.8) is 0 Å². The highest BCUT2D eigenvalue weighted by atomic mass is 16.5. The molecular weight excluding hydrogens is 334 g/mol. The Balaban J connectivity index is 2.15. The Bertz CT molecular complexity index is 842. The smallest absolute Gasteiger partial charge is 0.295 e. The highest BCUT2D eigenvalue weighted by Gasteiger charge is 2.45. The molecule has 2 N–H and O–H groups in total. The molecule has 0 radical (unpaired) electrons. The molecule has 1 unspecified atom stereocenters. The zero-order chi connectivity index (χ0) is 18.7. The number of carbonyl (C=O) groups excluding carboxylic acids is 2. The Morgan fingerprint density at radius 2 is 1.73 bits per heavy atom. The minimum atomic E-state index is -0.744. The van der Waals surface area contributed by atoms with Crippen molar-refractivity contribution in [1.82, 2.24) is 4.90 Å². The van der Waals surface area contributed by atoms with E-state index in [9.17, 15) is 19.8 Å². The lowest BCUT2D eigenvalue weighted by Crippen LogP contribution is -2.32. The van der Waals surface area contributed by atoms with Gasteiger partial charge in [0.2, 0.25) is 0 Å². The van der Waals surface area contributed by atoms with E-state index >= 15 is 0 Å². The van der Waals surface area contributed by atoms with Gasteiger partial charge in [-0.05, 0) is 17.7 Å². The quantitative estimate of drug-likeness (QED) is 0.490. The van der Waals surface area contributed by atoms with Gasteiger partial charge in [0.25, 0.3) is 11.7 Å². The van der Waals surface area contributed by atoms with Gasteiger partial charge < -0.3 is 19.8 Å². The van der Waals surface area contributed by atoms with Gasteiger partial charge in [-0.25, -0.2) is 0 Å². The number of phenolic OH excluding ortho intramolecular Hbond substituents is 1. The molecule has 1 atom stereocenters. The van der Waals surface area contributed by atoms with Crippen molar-refractivity contribution in [3.8, 4) is 5.75 Å². The van der Waals surface area contributed by atoms with E-state index < -0.39 is 17.7 Å². The fourth-order valence-electron chi connectivity index (χ4n) is 3.05. The van der Waals surface area contributed by atoms with Crippen LogP contribution < -0.4 is 0 Å². The first-order chi connectivity index (χ1) is 12.5. The summed E-state index contributed by atoms with van der Waals surface area (Å²) in [6, 6.07) is 14.1. The van der Waals surface area contributed by atoms with Gasteiger partial charge in [-0.2, -0.15) is 0 Å². The fraction of sp³-hybridized carbons (Fsp3) is 0.200. The molecule has 0 saturated carbocycles. The van der Waals surface area contributed by atoms with Crippen LogP contribution in [-0.2, 0) is 14.3 Å². The van der Waals surface area contributed by atoms with Gasteiger partial charge in [0, 0.05) is 19.2 Å². The SMILES string of the molecule is COCCN1C(=O)C(=O)/C(=C(/O)c2ccccc2)C1c1ccc(O)cc1. The Labute approximate surface area is 150 Å². The predicted octanol–water partition coefficient (Wildman–Crippen LogP) is 2.46. The van der Waals surface area contributed by atoms with E-state index in [1.165, 1.54) is 24.1 Å². The first kappa shape index (κ1) is 17.7. The molecule has 1 fully saturated rings. The van der Waals surface area contributed by atoms with Crippen molar-refractivity contribution < 1.29 is 24.5 Å². The van der Waals surface area contributed by atoms with Crippen LogP contribution in [0, 0.1) is 0 Å². The molecule has 0 bridgehead atoms. The minimum absolute atomic E-state index is 0.0305. The van der Waals surface area contributed by atoms with Crippen LogP contribution in [0.2, 0.25) is 0 Å². The number of hydrogen-bond acceptors (Lipinski definition) is 5. The van der Waals surface area contributed by atoms with Crippen LogP contribution >= 0.6 is 0 Å². The summed E-state index contributed by atoms with van der Waals surface area (Å²) < 4.78 is 5.05. The summed E-state index contributed by atoms with van der Waals surface area (Å²) in [7, 11) is 1.51. The minimum Gasteiger partial charge on any atom is -0.508 e. The van der Waals surface area contributed by atoms with Crippen LogP contribution in [-0.4, -0.2) is 47.1 Å². The number of phenols is 1. The van der Waals surface area contributed by atoms with E-state index in [2.05, 4.69) is 0 Å². The number of benzene rings is 2. The van der Waals surface area contributed by atoms with Crippen LogP contribution in [0.25, 0.3) is 5.76 Å². The van der Waals surface area contributed by atoms with Crippen molar-refractivity contribution >= 4 is 17.4 Å².